The lowest BCUT2D eigenvalue weighted by Crippen LogP contribution is -2.56. The Kier molecular flexibility index (Phi) is 4.77. The average Bonchev–Trinajstić information content (AvgIpc) is 2.58. The normalized spacial score (nSPS) is 34.0. The molecule has 4 aliphatic rings. The molecule has 26 heavy (non-hydrogen) atoms. The Morgan fingerprint density at radius 2 is 1.77 bits per heavy atom. The second-order valence-corrected chi connectivity index (χ2v) is 10.8. The summed E-state index contributed by atoms with van der Waals surface area (Å²) in [5, 5.41) is 0.416. The van der Waals surface area contributed by atoms with Crippen LogP contribution < -0.4 is 9.46 Å². The van der Waals surface area contributed by atoms with E-state index in [1.165, 1.54) is 51.7 Å². The van der Waals surface area contributed by atoms with Gasteiger partial charge in [-0.05, 0) is 80.2 Å². The van der Waals surface area contributed by atoms with Gasteiger partial charge < -0.3 is 4.74 Å². The molecule has 4 fully saturated rings. The van der Waals surface area contributed by atoms with E-state index in [-0.39, 0.29) is 16.4 Å². The highest BCUT2D eigenvalue weighted by atomic mass is 35.5. The number of hydrogen-bond acceptors (Lipinski definition) is 3. The van der Waals surface area contributed by atoms with Crippen LogP contribution in [-0.2, 0) is 10.0 Å². The van der Waals surface area contributed by atoms with Crippen LogP contribution in [0.25, 0.3) is 0 Å². The van der Waals surface area contributed by atoms with Crippen molar-refractivity contribution in [3.8, 4) is 5.75 Å². The van der Waals surface area contributed by atoms with Gasteiger partial charge in [-0.1, -0.05) is 18.5 Å². The molecular formula is C20H28ClNO3S. The van der Waals surface area contributed by atoms with E-state index >= 15 is 0 Å². The van der Waals surface area contributed by atoms with Crippen LogP contribution in [0.2, 0.25) is 5.02 Å². The second kappa shape index (κ2) is 6.68. The molecule has 0 amide bonds. The van der Waals surface area contributed by atoms with E-state index in [0.717, 1.165) is 24.2 Å². The lowest BCUT2D eigenvalue weighted by Gasteiger charge is -2.59. The molecule has 0 heterocycles. The number of methoxy groups -OCH3 is 1. The van der Waals surface area contributed by atoms with E-state index in [1.54, 1.807) is 12.1 Å². The topological polar surface area (TPSA) is 55.4 Å². The van der Waals surface area contributed by atoms with E-state index in [4.69, 9.17) is 16.3 Å². The number of hydrogen-bond donors (Lipinski definition) is 1. The van der Waals surface area contributed by atoms with Crippen LogP contribution in [0.5, 0.6) is 5.75 Å². The highest BCUT2D eigenvalue weighted by Crippen LogP contribution is 2.61. The van der Waals surface area contributed by atoms with Crippen LogP contribution in [-0.4, -0.2) is 21.6 Å². The van der Waals surface area contributed by atoms with Gasteiger partial charge in [-0.2, -0.15) is 0 Å². The van der Waals surface area contributed by atoms with Gasteiger partial charge in [-0.15, -0.1) is 0 Å². The largest absolute Gasteiger partial charge is 0.495 e. The summed E-state index contributed by atoms with van der Waals surface area (Å²) in [5.74, 6) is 2.79. The van der Waals surface area contributed by atoms with Crippen molar-refractivity contribution in [3.05, 3.63) is 23.2 Å². The van der Waals surface area contributed by atoms with Crippen LogP contribution in [0.1, 0.15) is 51.9 Å². The number of ether oxygens (including phenoxy) is 1. The van der Waals surface area contributed by atoms with Gasteiger partial charge in [0.25, 0.3) is 0 Å². The highest BCUT2D eigenvalue weighted by Gasteiger charge is 2.54. The molecule has 4 aliphatic carbocycles. The van der Waals surface area contributed by atoms with Crippen molar-refractivity contribution in [1.29, 1.82) is 0 Å². The van der Waals surface area contributed by atoms with E-state index in [9.17, 15) is 8.42 Å². The molecule has 0 aliphatic heterocycles. The van der Waals surface area contributed by atoms with Gasteiger partial charge in [0, 0.05) is 12.1 Å². The lowest BCUT2D eigenvalue weighted by atomic mass is 9.47. The minimum atomic E-state index is -3.60. The number of sulfonamides is 1. The van der Waals surface area contributed by atoms with Crippen molar-refractivity contribution in [1.82, 2.24) is 4.72 Å². The Morgan fingerprint density at radius 3 is 2.27 bits per heavy atom. The fourth-order valence-corrected chi connectivity index (χ4v) is 7.94. The molecule has 5 rings (SSSR count). The first-order valence-corrected chi connectivity index (χ1v) is 11.6. The van der Waals surface area contributed by atoms with Crippen LogP contribution in [0.15, 0.2) is 23.1 Å². The molecule has 0 aromatic heterocycles. The Labute approximate surface area is 161 Å². The summed E-state index contributed by atoms with van der Waals surface area (Å²) in [7, 11) is -2.11. The van der Waals surface area contributed by atoms with Crippen molar-refractivity contribution < 1.29 is 13.2 Å². The molecular weight excluding hydrogens is 370 g/mol. The van der Waals surface area contributed by atoms with E-state index in [0.29, 0.717) is 10.8 Å². The fraction of sp³-hybridized carbons (Fsp3) is 0.700. The molecule has 4 nitrogen and oxygen atoms in total. The van der Waals surface area contributed by atoms with E-state index in [1.807, 2.05) is 0 Å². The first-order valence-electron chi connectivity index (χ1n) is 9.71. The molecule has 144 valence electrons. The lowest BCUT2D eigenvalue weighted by molar-refractivity contribution is -0.0704. The van der Waals surface area contributed by atoms with Crippen molar-refractivity contribution in [2.45, 2.75) is 62.8 Å². The molecule has 0 saturated heterocycles. The second-order valence-electron chi connectivity index (χ2n) is 8.66. The Morgan fingerprint density at radius 1 is 1.19 bits per heavy atom. The van der Waals surface area contributed by atoms with Gasteiger partial charge in [0.2, 0.25) is 10.0 Å². The third kappa shape index (κ3) is 3.16. The maximum absolute atomic E-state index is 13.1. The molecule has 1 N–H and O–H groups in total. The summed E-state index contributed by atoms with van der Waals surface area (Å²) in [6.07, 6.45) is 8.46. The van der Waals surface area contributed by atoms with E-state index < -0.39 is 10.0 Å². The Hall–Kier alpha value is -0.780. The molecule has 0 radical (unpaired) electrons. The zero-order chi connectivity index (χ0) is 18.5. The SMILES string of the molecule is CC[C@H](NS(=O)(=O)c1ccc(Cl)c(OC)c1)C12CC3CC(CC(C3)C1)C2. The molecule has 0 unspecified atom stereocenters. The van der Waals surface area contributed by atoms with Gasteiger partial charge in [0.15, 0.2) is 0 Å². The summed E-state index contributed by atoms with van der Waals surface area (Å²) < 4.78 is 34.4. The third-order valence-electron chi connectivity index (χ3n) is 6.96. The van der Waals surface area contributed by atoms with Gasteiger partial charge in [0.05, 0.1) is 17.0 Å². The molecule has 0 spiro atoms. The fourth-order valence-electron chi connectivity index (χ4n) is 6.31. The summed E-state index contributed by atoms with van der Waals surface area (Å²) >= 11 is 6.05. The van der Waals surface area contributed by atoms with Gasteiger partial charge >= 0.3 is 0 Å². The van der Waals surface area contributed by atoms with Crippen LogP contribution in [0.3, 0.4) is 0 Å². The number of nitrogens with one attached hydrogen (secondary N) is 1. The minimum Gasteiger partial charge on any atom is -0.495 e. The van der Waals surface area contributed by atoms with Crippen molar-refractivity contribution >= 4 is 21.6 Å². The Balaban J connectivity index is 1.60. The maximum Gasteiger partial charge on any atom is 0.240 e. The third-order valence-corrected chi connectivity index (χ3v) is 8.74. The molecule has 1 atom stereocenters. The summed E-state index contributed by atoms with van der Waals surface area (Å²) in [6.45, 7) is 2.11. The quantitative estimate of drug-likeness (QED) is 0.761. The zero-order valence-corrected chi connectivity index (χ0v) is 17.1. The van der Waals surface area contributed by atoms with Crippen LogP contribution in [0, 0.1) is 23.2 Å². The Bertz CT molecular complexity index is 757. The van der Waals surface area contributed by atoms with Crippen LogP contribution in [0.4, 0.5) is 0 Å². The van der Waals surface area contributed by atoms with E-state index in [2.05, 4.69) is 11.6 Å². The van der Waals surface area contributed by atoms with Crippen molar-refractivity contribution in [3.63, 3.8) is 0 Å². The molecule has 1 aromatic carbocycles. The maximum atomic E-state index is 13.1. The van der Waals surface area contributed by atoms with Crippen molar-refractivity contribution in [2.24, 2.45) is 23.2 Å². The first kappa shape index (κ1) is 18.6. The molecule has 4 bridgehead atoms. The van der Waals surface area contributed by atoms with Gasteiger partial charge in [-0.25, -0.2) is 13.1 Å². The summed E-state index contributed by atoms with van der Waals surface area (Å²) in [4.78, 5) is 0.224. The molecule has 6 heteroatoms. The summed E-state index contributed by atoms with van der Waals surface area (Å²) in [6, 6.07) is 4.65. The van der Waals surface area contributed by atoms with Crippen molar-refractivity contribution in [2.75, 3.05) is 7.11 Å². The predicted molar refractivity (Wildman–Crippen MR) is 103 cm³/mol. The van der Waals surface area contributed by atoms with Crippen LogP contribution >= 0.6 is 11.6 Å². The monoisotopic (exact) mass is 397 g/mol. The van der Waals surface area contributed by atoms with Gasteiger partial charge in [-0.3, -0.25) is 0 Å². The van der Waals surface area contributed by atoms with Gasteiger partial charge in [0.1, 0.15) is 5.75 Å². The zero-order valence-electron chi connectivity index (χ0n) is 15.5. The molecule has 1 aromatic rings. The standard InChI is InChI=1S/C20H28ClNO3S/c1-3-19(20-10-13-6-14(11-20)8-15(7-13)12-20)22-26(23,24)16-4-5-17(21)18(9-16)25-2/h4-5,9,13-15,19,22H,3,6-8,10-12H2,1-2H3/t13?,14?,15?,19-,20?/m0/s1. The number of benzene rings is 1. The average molecular weight is 398 g/mol. The first-order chi connectivity index (χ1) is 12.3. The molecule has 4 saturated carbocycles. The minimum absolute atomic E-state index is 0.00238. The number of rotatable bonds is 6. The summed E-state index contributed by atoms with van der Waals surface area (Å²) in [5.41, 5.74) is 0.146. The number of halogens is 1. The smallest absolute Gasteiger partial charge is 0.240 e. The predicted octanol–water partition coefficient (Wildman–Crippen LogP) is 4.62. The highest BCUT2D eigenvalue weighted by molar-refractivity contribution is 7.89.